The first-order valence-corrected chi connectivity index (χ1v) is 9.23. The third-order valence-electron chi connectivity index (χ3n) is 3.41. The molecule has 1 N–H and O–H groups in total. The quantitative estimate of drug-likeness (QED) is 0.845. The number of hydrogen-bond donors (Lipinski definition) is 1. The van der Waals surface area contributed by atoms with Gasteiger partial charge in [-0.1, -0.05) is 11.6 Å². The summed E-state index contributed by atoms with van der Waals surface area (Å²) in [6, 6.07) is 3.84. The molecule has 134 valence electrons. The fraction of sp³-hybridized carbons (Fsp3) is 0.500. The molecule has 1 unspecified atom stereocenters. The fourth-order valence-electron chi connectivity index (χ4n) is 2.38. The molecular formula is C14H15ClF3NO4S. The van der Waals surface area contributed by atoms with Crippen LogP contribution >= 0.6 is 11.6 Å². The van der Waals surface area contributed by atoms with Gasteiger partial charge in [0.05, 0.1) is 17.2 Å². The number of carbonyl (C=O) groups excluding carboxylic acids is 1. The van der Waals surface area contributed by atoms with Gasteiger partial charge in [0.1, 0.15) is 5.75 Å². The van der Waals surface area contributed by atoms with Crippen LogP contribution in [0.2, 0.25) is 5.02 Å². The fourth-order valence-corrected chi connectivity index (χ4v) is 4.42. The van der Waals surface area contributed by atoms with E-state index in [0.29, 0.717) is 6.42 Å². The van der Waals surface area contributed by atoms with Crippen LogP contribution in [0.25, 0.3) is 0 Å². The molecule has 10 heteroatoms. The zero-order valence-corrected chi connectivity index (χ0v) is 14.0. The van der Waals surface area contributed by atoms with Crippen molar-refractivity contribution in [1.29, 1.82) is 0 Å². The second-order valence-corrected chi connectivity index (χ2v) is 8.23. The van der Waals surface area contributed by atoms with Gasteiger partial charge in [-0.3, -0.25) is 4.79 Å². The Kier molecular flexibility index (Phi) is 5.64. The summed E-state index contributed by atoms with van der Waals surface area (Å²) in [4.78, 5) is 12.0. The van der Waals surface area contributed by atoms with Crippen LogP contribution in [0.1, 0.15) is 12.8 Å². The molecule has 0 bridgehead atoms. The van der Waals surface area contributed by atoms with Crippen LogP contribution in [0.15, 0.2) is 18.2 Å². The first-order chi connectivity index (χ1) is 11.0. The standard InChI is InChI=1S/C14H15ClF3NO4S/c15-10-1-2-12(23-8-14(16,17)18)11(6-10)19-13(20)5-9-3-4-24(21,22)7-9/h1-2,6,9H,3-5,7-8H2,(H,19,20). The summed E-state index contributed by atoms with van der Waals surface area (Å²) in [6.45, 7) is -1.50. The Bertz CT molecular complexity index is 721. The van der Waals surface area contributed by atoms with E-state index in [2.05, 4.69) is 10.1 Å². The van der Waals surface area contributed by atoms with E-state index in [1.807, 2.05) is 0 Å². The molecule has 0 spiro atoms. The Morgan fingerprint density at radius 3 is 2.67 bits per heavy atom. The first-order valence-electron chi connectivity index (χ1n) is 7.03. The van der Waals surface area contributed by atoms with Crippen molar-refractivity contribution in [2.45, 2.75) is 19.0 Å². The van der Waals surface area contributed by atoms with Crippen molar-refractivity contribution < 1.29 is 31.1 Å². The maximum Gasteiger partial charge on any atom is 0.422 e. The Morgan fingerprint density at radius 1 is 1.38 bits per heavy atom. The lowest BCUT2D eigenvalue weighted by atomic mass is 10.0. The number of halogens is 4. The second kappa shape index (κ2) is 7.18. The van der Waals surface area contributed by atoms with Gasteiger partial charge in [-0.15, -0.1) is 0 Å². The minimum atomic E-state index is -4.51. The summed E-state index contributed by atoms with van der Waals surface area (Å²) < 4.78 is 64.2. The molecule has 1 amide bonds. The van der Waals surface area contributed by atoms with Crippen molar-refractivity contribution in [3.8, 4) is 5.75 Å². The predicted octanol–water partition coefficient (Wildman–Crippen LogP) is 3.04. The van der Waals surface area contributed by atoms with E-state index >= 15 is 0 Å². The van der Waals surface area contributed by atoms with E-state index in [0.717, 1.165) is 0 Å². The average Bonchev–Trinajstić information content (AvgIpc) is 2.75. The van der Waals surface area contributed by atoms with Gasteiger partial charge in [-0.25, -0.2) is 8.42 Å². The number of ether oxygens (including phenoxy) is 1. The summed E-state index contributed by atoms with van der Waals surface area (Å²) in [5, 5.41) is 2.65. The molecule has 1 atom stereocenters. The normalized spacial score (nSPS) is 19.9. The minimum Gasteiger partial charge on any atom is -0.482 e. The van der Waals surface area contributed by atoms with E-state index in [9.17, 15) is 26.4 Å². The van der Waals surface area contributed by atoms with Crippen molar-refractivity contribution in [3.63, 3.8) is 0 Å². The minimum absolute atomic E-state index is 0.0117. The Morgan fingerprint density at radius 2 is 2.08 bits per heavy atom. The Balaban J connectivity index is 2.02. The molecule has 0 radical (unpaired) electrons. The molecule has 1 aromatic rings. The summed E-state index contributed by atoms with van der Waals surface area (Å²) in [5.74, 6) is -0.982. The van der Waals surface area contributed by atoms with Crippen LogP contribution in [0.5, 0.6) is 5.75 Å². The van der Waals surface area contributed by atoms with Crippen molar-refractivity contribution in [2.24, 2.45) is 5.92 Å². The number of benzene rings is 1. The van der Waals surface area contributed by atoms with E-state index in [1.165, 1.54) is 18.2 Å². The molecule has 1 heterocycles. The van der Waals surface area contributed by atoms with Gasteiger partial charge in [0, 0.05) is 11.4 Å². The number of hydrogen-bond acceptors (Lipinski definition) is 4. The number of anilines is 1. The molecule has 0 aromatic heterocycles. The van der Waals surface area contributed by atoms with Crippen LogP contribution in [-0.4, -0.2) is 38.6 Å². The van der Waals surface area contributed by atoms with Gasteiger partial charge < -0.3 is 10.1 Å². The second-order valence-electron chi connectivity index (χ2n) is 5.57. The molecular weight excluding hydrogens is 371 g/mol. The maximum absolute atomic E-state index is 12.3. The summed E-state index contributed by atoms with van der Waals surface area (Å²) in [7, 11) is -3.10. The number of rotatable bonds is 5. The molecule has 1 aromatic carbocycles. The SMILES string of the molecule is O=C(CC1CCS(=O)(=O)C1)Nc1cc(Cl)ccc1OCC(F)(F)F. The maximum atomic E-state index is 12.3. The highest BCUT2D eigenvalue weighted by atomic mass is 35.5. The third-order valence-corrected chi connectivity index (χ3v) is 5.48. The van der Waals surface area contributed by atoms with Gasteiger partial charge in [0.15, 0.2) is 16.4 Å². The number of nitrogens with one attached hydrogen (secondary N) is 1. The average molecular weight is 386 g/mol. The van der Waals surface area contributed by atoms with E-state index in [-0.39, 0.29) is 40.3 Å². The Hall–Kier alpha value is -1.48. The van der Waals surface area contributed by atoms with Gasteiger partial charge >= 0.3 is 6.18 Å². The molecule has 0 saturated carbocycles. The first kappa shape index (κ1) is 18.9. The van der Waals surface area contributed by atoms with Crippen LogP contribution in [-0.2, 0) is 14.6 Å². The molecule has 24 heavy (non-hydrogen) atoms. The highest BCUT2D eigenvalue weighted by molar-refractivity contribution is 7.91. The topological polar surface area (TPSA) is 72.5 Å². The highest BCUT2D eigenvalue weighted by Crippen LogP contribution is 2.30. The molecule has 1 aliphatic heterocycles. The zero-order valence-electron chi connectivity index (χ0n) is 12.4. The van der Waals surface area contributed by atoms with Crippen molar-refractivity contribution >= 4 is 33.0 Å². The molecule has 1 saturated heterocycles. The van der Waals surface area contributed by atoms with Crippen molar-refractivity contribution in [1.82, 2.24) is 0 Å². The lowest BCUT2D eigenvalue weighted by molar-refractivity contribution is -0.153. The summed E-state index contributed by atoms with van der Waals surface area (Å²) in [5.41, 5.74) is 0.0117. The lowest BCUT2D eigenvalue weighted by Gasteiger charge is -2.15. The van der Waals surface area contributed by atoms with Crippen molar-refractivity contribution in [3.05, 3.63) is 23.2 Å². The molecule has 1 fully saturated rings. The third kappa shape index (κ3) is 5.86. The summed E-state index contributed by atoms with van der Waals surface area (Å²) >= 11 is 5.79. The predicted molar refractivity (Wildman–Crippen MR) is 83.0 cm³/mol. The molecule has 2 rings (SSSR count). The number of sulfone groups is 1. The molecule has 5 nitrogen and oxygen atoms in total. The van der Waals surface area contributed by atoms with Gasteiger partial charge in [-0.2, -0.15) is 13.2 Å². The number of amides is 1. The number of carbonyl (C=O) groups is 1. The number of alkyl halides is 3. The zero-order chi connectivity index (χ0) is 18.0. The van der Waals surface area contributed by atoms with E-state index < -0.39 is 28.5 Å². The Labute approximate surface area is 142 Å². The van der Waals surface area contributed by atoms with E-state index in [1.54, 1.807) is 0 Å². The monoisotopic (exact) mass is 385 g/mol. The largest absolute Gasteiger partial charge is 0.482 e. The van der Waals surface area contributed by atoms with E-state index in [4.69, 9.17) is 11.6 Å². The van der Waals surface area contributed by atoms with Crippen LogP contribution < -0.4 is 10.1 Å². The lowest BCUT2D eigenvalue weighted by Crippen LogP contribution is -2.21. The molecule has 1 aliphatic rings. The van der Waals surface area contributed by atoms with Gasteiger partial charge in [-0.05, 0) is 30.5 Å². The van der Waals surface area contributed by atoms with Gasteiger partial charge in [0.25, 0.3) is 0 Å². The van der Waals surface area contributed by atoms with Gasteiger partial charge in [0.2, 0.25) is 5.91 Å². The highest BCUT2D eigenvalue weighted by Gasteiger charge is 2.30. The van der Waals surface area contributed by atoms with Crippen LogP contribution in [0, 0.1) is 5.92 Å². The summed E-state index contributed by atoms with van der Waals surface area (Å²) in [6.07, 6.45) is -4.16. The smallest absolute Gasteiger partial charge is 0.422 e. The van der Waals surface area contributed by atoms with Crippen LogP contribution in [0.3, 0.4) is 0 Å². The van der Waals surface area contributed by atoms with Crippen LogP contribution in [0.4, 0.5) is 18.9 Å². The molecule has 0 aliphatic carbocycles. The van der Waals surface area contributed by atoms with Crippen molar-refractivity contribution in [2.75, 3.05) is 23.4 Å².